The quantitative estimate of drug-likeness (QED) is 0.742. The third kappa shape index (κ3) is 3.88. The summed E-state index contributed by atoms with van der Waals surface area (Å²) in [6, 6.07) is 20.3. The van der Waals surface area contributed by atoms with Gasteiger partial charge in [-0.25, -0.2) is 0 Å². The predicted molar refractivity (Wildman–Crippen MR) is 94.6 cm³/mol. The van der Waals surface area contributed by atoms with Gasteiger partial charge in [-0.1, -0.05) is 36.4 Å². The Morgan fingerprint density at radius 2 is 1.70 bits per heavy atom. The lowest BCUT2D eigenvalue weighted by atomic mass is 10.1. The van der Waals surface area contributed by atoms with Gasteiger partial charge in [-0.3, -0.25) is 4.98 Å². The molecule has 0 saturated heterocycles. The molecule has 0 unspecified atom stereocenters. The van der Waals surface area contributed by atoms with Crippen LogP contribution in [0, 0.1) is 0 Å². The first-order valence-corrected chi connectivity index (χ1v) is 8.01. The zero-order valence-electron chi connectivity index (χ0n) is 13.5. The van der Waals surface area contributed by atoms with Crippen LogP contribution in [0.5, 0.6) is 5.75 Å². The maximum atomic E-state index is 9.35. The normalized spacial score (nSPS) is 13.8. The summed E-state index contributed by atoms with van der Waals surface area (Å²) in [6.45, 7) is 4.31. The molecular formula is C20H22N2O. The van der Waals surface area contributed by atoms with Crippen molar-refractivity contribution >= 4 is 10.9 Å². The Hall–Kier alpha value is -2.39. The van der Waals surface area contributed by atoms with Gasteiger partial charge >= 0.3 is 0 Å². The number of fused-ring (bicyclic) bond motifs is 1. The molecule has 2 N–H and O–H groups in total. The van der Waals surface area contributed by atoms with Crippen molar-refractivity contribution < 1.29 is 5.11 Å². The second-order valence-electron chi connectivity index (χ2n) is 6.09. The van der Waals surface area contributed by atoms with Crippen LogP contribution in [0.15, 0.2) is 60.7 Å². The van der Waals surface area contributed by atoms with Crippen LogP contribution in [0.4, 0.5) is 0 Å². The number of aromatic nitrogens is 1. The molecule has 2 aromatic carbocycles. The molecule has 0 bridgehead atoms. The van der Waals surface area contributed by atoms with Crippen LogP contribution in [-0.4, -0.2) is 16.1 Å². The summed E-state index contributed by atoms with van der Waals surface area (Å²) in [5.74, 6) is 0.308. The van der Waals surface area contributed by atoms with Gasteiger partial charge in [0, 0.05) is 17.5 Å². The van der Waals surface area contributed by atoms with Gasteiger partial charge in [0.15, 0.2) is 0 Å². The molecule has 23 heavy (non-hydrogen) atoms. The SMILES string of the molecule is C[C@H](Cc1ccc(O)cc1)N[C@H](C)c1ccc2ccccc2n1. The summed E-state index contributed by atoms with van der Waals surface area (Å²) in [7, 11) is 0. The van der Waals surface area contributed by atoms with Crippen molar-refractivity contribution in [1.82, 2.24) is 10.3 Å². The van der Waals surface area contributed by atoms with E-state index < -0.39 is 0 Å². The molecule has 3 heteroatoms. The fourth-order valence-corrected chi connectivity index (χ4v) is 2.88. The molecule has 1 aromatic heterocycles. The number of aromatic hydroxyl groups is 1. The molecule has 3 rings (SSSR count). The number of phenolic OH excluding ortho intramolecular Hbond substituents is 1. The average molecular weight is 306 g/mol. The van der Waals surface area contributed by atoms with Gasteiger partial charge in [-0.15, -0.1) is 0 Å². The van der Waals surface area contributed by atoms with Crippen molar-refractivity contribution in [3.8, 4) is 5.75 Å². The van der Waals surface area contributed by atoms with E-state index >= 15 is 0 Å². The largest absolute Gasteiger partial charge is 0.508 e. The zero-order chi connectivity index (χ0) is 16.2. The molecule has 0 spiro atoms. The number of rotatable bonds is 5. The molecule has 0 aliphatic rings. The van der Waals surface area contributed by atoms with E-state index in [1.54, 1.807) is 12.1 Å². The Kier molecular flexibility index (Phi) is 4.58. The zero-order valence-corrected chi connectivity index (χ0v) is 13.5. The van der Waals surface area contributed by atoms with E-state index in [0.29, 0.717) is 11.8 Å². The van der Waals surface area contributed by atoms with Crippen LogP contribution in [0.1, 0.15) is 31.1 Å². The van der Waals surface area contributed by atoms with Crippen molar-refractivity contribution in [2.45, 2.75) is 32.4 Å². The van der Waals surface area contributed by atoms with E-state index in [4.69, 9.17) is 4.98 Å². The number of hydrogen-bond donors (Lipinski definition) is 2. The van der Waals surface area contributed by atoms with Gasteiger partial charge in [-0.2, -0.15) is 0 Å². The van der Waals surface area contributed by atoms with Gasteiger partial charge in [0.1, 0.15) is 5.75 Å². The lowest BCUT2D eigenvalue weighted by Crippen LogP contribution is -2.31. The number of phenols is 1. The monoisotopic (exact) mass is 306 g/mol. The molecule has 0 radical (unpaired) electrons. The van der Waals surface area contributed by atoms with E-state index in [1.807, 2.05) is 30.3 Å². The Labute approximate surface area is 137 Å². The van der Waals surface area contributed by atoms with Crippen molar-refractivity contribution in [2.75, 3.05) is 0 Å². The van der Waals surface area contributed by atoms with Crippen LogP contribution >= 0.6 is 0 Å². The van der Waals surface area contributed by atoms with Crippen molar-refractivity contribution in [3.05, 3.63) is 71.9 Å². The first-order chi connectivity index (χ1) is 11.1. The van der Waals surface area contributed by atoms with Crippen LogP contribution < -0.4 is 5.32 Å². The van der Waals surface area contributed by atoms with Gasteiger partial charge in [0.2, 0.25) is 0 Å². The van der Waals surface area contributed by atoms with E-state index in [2.05, 4.69) is 37.4 Å². The highest BCUT2D eigenvalue weighted by Gasteiger charge is 2.11. The first kappa shape index (κ1) is 15.5. The molecule has 0 amide bonds. The first-order valence-electron chi connectivity index (χ1n) is 8.01. The second-order valence-corrected chi connectivity index (χ2v) is 6.09. The minimum Gasteiger partial charge on any atom is -0.508 e. The second kappa shape index (κ2) is 6.80. The van der Waals surface area contributed by atoms with Crippen molar-refractivity contribution in [1.29, 1.82) is 0 Å². The Morgan fingerprint density at radius 3 is 2.48 bits per heavy atom. The molecule has 0 fully saturated rings. The molecule has 0 saturated carbocycles. The molecular weight excluding hydrogens is 284 g/mol. The minimum atomic E-state index is 0.187. The number of benzene rings is 2. The highest BCUT2D eigenvalue weighted by Crippen LogP contribution is 2.18. The Morgan fingerprint density at radius 1 is 0.957 bits per heavy atom. The van der Waals surface area contributed by atoms with Gasteiger partial charge in [0.05, 0.1) is 11.2 Å². The van der Waals surface area contributed by atoms with E-state index in [1.165, 1.54) is 10.9 Å². The molecule has 118 valence electrons. The highest BCUT2D eigenvalue weighted by atomic mass is 16.3. The van der Waals surface area contributed by atoms with E-state index in [0.717, 1.165) is 17.6 Å². The predicted octanol–water partition coefficient (Wildman–Crippen LogP) is 4.22. The summed E-state index contributed by atoms with van der Waals surface area (Å²) in [6.07, 6.45) is 0.915. The number of pyridine rings is 1. The lowest BCUT2D eigenvalue weighted by molar-refractivity contribution is 0.467. The highest BCUT2D eigenvalue weighted by molar-refractivity contribution is 5.78. The van der Waals surface area contributed by atoms with Gasteiger partial charge in [0.25, 0.3) is 0 Å². The fourth-order valence-electron chi connectivity index (χ4n) is 2.88. The summed E-state index contributed by atoms with van der Waals surface area (Å²) < 4.78 is 0. The molecule has 3 aromatic rings. The lowest BCUT2D eigenvalue weighted by Gasteiger charge is -2.20. The Balaban J connectivity index is 1.67. The third-order valence-corrected chi connectivity index (χ3v) is 4.08. The smallest absolute Gasteiger partial charge is 0.115 e. The maximum absolute atomic E-state index is 9.35. The van der Waals surface area contributed by atoms with E-state index in [-0.39, 0.29) is 6.04 Å². The van der Waals surface area contributed by atoms with Crippen LogP contribution in [-0.2, 0) is 6.42 Å². The summed E-state index contributed by atoms with van der Waals surface area (Å²) in [5, 5.41) is 14.1. The summed E-state index contributed by atoms with van der Waals surface area (Å²) >= 11 is 0. The van der Waals surface area contributed by atoms with Crippen LogP contribution in [0.3, 0.4) is 0 Å². The molecule has 3 nitrogen and oxygen atoms in total. The third-order valence-electron chi connectivity index (χ3n) is 4.08. The van der Waals surface area contributed by atoms with Crippen LogP contribution in [0.25, 0.3) is 10.9 Å². The van der Waals surface area contributed by atoms with Gasteiger partial charge < -0.3 is 10.4 Å². The number of hydrogen-bond acceptors (Lipinski definition) is 3. The maximum Gasteiger partial charge on any atom is 0.115 e. The van der Waals surface area contributed by atoms with Crippen molar-refractivity contribution in [3.63, 3.8) is 0 Å². The van der Waals surface area contributed by atoms with Crippen LogP contribution in [0.2, 0.25) is 0 Å². The fraction of sp³-hybridized carbons (Fsp3) is 0.250. The molecule has 2 atom stereocenters. The minimum absolute atomic E-state index is 0.187. The number of para-hydroxylation sites is 1. The number of nitrogens with one attached hydrogen (secondary N) is 1. The summed E-state index contributed by atoms with van der Waals surface area (Å²) in [4.78, 5) is 4.75. The standard InChI is InChI=1S/C20H22N2O/c1-14(13-16-7-10-18(23)11-8-16)21-15(2)19-12-9-17-5-3-4-6-20(17)22-19/h3-12,14-15,21,23H,13H2,1-2H3/t14-,15-/m1/s1. The molecule has 1 heterocycles. The average Bonchev–Trinajstić information content (AvgIpc) is 2.56. The summed E-state index contributed by atoms with van der Waals surface area (Å²) in [5.41, 5.74) is 3.30. The Bertz CT molecular complexity index is 783. The molecule has 0 aliphatic carbocycles. The topological polar surface area (TPSA) is 45.1 Å². The molecule has 0 aliphatic heterocycles. The van der Waals surface area contributed by atoms with E-state index in [9.17, 15) is 5.11 Å². The number of nitrogens with zero attached hydrogens (tertiary/aromatic N) is 1. The van der Waals surface area contributed by atoms with Crippen molar-refractivity contribution in [2.24, 2.45) is 0 Å². The van der Waals surface area contributed by atoms with Gasteiger partial charge in [-0.05, 0) is 50.1 Å².